The molecule has 0 N–H and O–H groups in total. The van der Waals surface area contributed by atoms with Crippen molar-refractivity contribution in [1.29, 1.82) is 0 Å². The Morgan fingerprint density at radius 3 is 2.12 bits per heavy atom. The minimum absolute atomic E-state index is 0.468. The standard InChI is InChI=1S/C12H16NO2P/c1-2-4-12(5-3-1)16-13(6-10-8-14-10)7-11-9-15-11/h1-5,10-11,16H,6-9H2. The molecule has 0 amide bonds. The van der Waals surface area contributed by atoms with Crippen molar-refractivity contribution in [3.8, 4) is 0 Å². The molecule has 2 heterocycles. The Hall–Kier alpha value is -0.470. The second kappa shape index (κ2) is 4.80. The molecule has 1 aromatic rings. The fraction of sp³-hybridized carbons (Fsp3) is 0.500. The maximum absolute atomic E-state index is 5.30. The van der Waals surface area contributed by atoms with Crippen LogP contribution in [0.4, 0.5) is 0 Å². The van der Waals surface area contributed by atoms with Gasteiger partial charge in [-0.05, 0) is 14.0 Å². The van der Waals surface area contributed by atoms with Gasteiger partial charge in [-0.25, -0.2) is 0 Å². The molecular formula is C12H16NO2P. The van der Waals surface area contributed by atoms with Gasteiger partial charge >= 0.3 is 0 Å². The molecule has 0 spiro atoms. The summed E-state index contributed by atoms with van der Waals surface area (Å²) >= 11 is 0. The van der Waals surface area contributed by atoms with Crippen LogP contribution in [0.2, 0.25) is 0 Å². The summed E-state index contributed by atoms with van der Waals surface area (Å²) in [4.78, 5) is 0. The number of nitrogens with zero attached hydrogens (tertiary/aromatic N) is 1. The molecule has 86 valence electrons. The molecule has 0 radical (unpaired) electrons. The largest absolute Gasteiger partial charge is 0.372 e. The molecule has 0 aromatic heterocycles. The Morgan fingerprint density at radius 2 is 1.62 bits per heavy atom. The quantitative estimate of drug-likeness (QED) is 0.546. The van der Waals surface area contributed by atoms with Crippen LogP contribution in [0.3, 0.4) is 0 Å². The van der Waals surface area contributed by atoms with Crippen molar-refractivity contribution < 1.29 is 9.47 Å². The number of rotatable bonds is 6. The highest BCUT2D eigenvalue weighted by Crippen LogP contribution is 2.25. The summed E-state index contributed by atoms with van der Waals surface area (Å²) < 4.78 is 13.1. The van der Waals surface area contributed by atoms with Gasteiger partial charge in [-0.15, -0.1) is 0 Å². The predicted molar refractivity (Wildman–Crippen MR) is 65.4 cm³/mol. The van der Waals surface area contributed by atoms with E-state index in [0.717, 1.165) is 35.0 Å². The van der Waals surface area contributed by atoms with Gasteiger partial charge in [-0.2, -0.15) is 0 Å². The summed E-state index contributed by atoms with van der Waals surface area (Å²) in [6.07, 6.45) is 0.935. The molecule has 3 nitrogen and oxygen atoms in total. The van der Waals surface area contributed by atoms with E-state index >= 15 is 0 Å². The maximum atomic E-state index is 5.30. The van der Waals surface area contributed by atoms with Gasteiger partial charge < -0.3 is 9.47 Å². The van der Waals surface area contributed by atoms with Crippen molar-refractivity contribution >= 4 is 14.0 Å². The Bertz CT molecular complexity index is 324. The SMILES string of the molecule is c1ccc(PN(CC2CO2)CC2CO2)cc1. The van der Waals surface area contributed by atoms with Gasteiger partial charge in [0.2, 0.25) is 0 Å². The van der Waals surface area contributed by atoms with E-state index in [1.54, 1.807) is 0 Å². The number of ether oxygens (including phenoxy) is 2. The third-order valence-corrected chi connectivity index (χ3v) is 3.99. The Kier molecular flexibility index (Phi) is 3.20. The van der Waals surface area contributed by atoms with E-state index in [0.29, 0.717) is 12.2 Å². The van der Waals surface area contributed by atoms with E-state index in [1.807, 2.05) is 0 Å². The zero-order valence-corrected chi connectivity index (χ0v) is 10.1. The Labute approximate surface area is 97.6 Å². The maximum Gasteiger partial charge on any atom is 0.0939 e. The van der Waals surface area contributed by atoms with Gasteiger partial charge in [0.15, 0.2) is 0 Å². The summed E-state index contributed by atoms with van der Waals surface area (Å²) in [5, 5.41) is 1.39. The zero-order valence-electron chi connectivity index (χ0n) is 9.13. The fourth-order valence-electron chi connectivity index (χ4n) is 1.70. The molecule has 2 saturated heterocycles. The molecule has 2 aliphatic heterocycles. The van der Waals surface area contributed by atoms with Crippen LogP contribution in [-0.2, 0) is 9.47 Å². The van der Waals surface area contributed by atoms with Crippen LogP contribution >= 0.6 is 8.73 Å². The lowest BCUT2D eigenvalue weighted by Crippen LogP contribution is -2.26. The highest BCUT2D eigenvalue weighted by Gasteiger charge is 2.30. The van der Waals surface area contributed by atoms with E-state index in [-0.39, 0.29) is 0 Å². The lowest BCUT2D eigenvalue weighted by atomic mass is 10.4. The van der Waals surface area contributed by atoms with E-state index in [2.05, 4.69) is 35.0 Å². The summed E-state index contributed by atoms with van der Waals surface area (Å²) in [5.41, 5.74) is 0. The molecule has 0 saturated carbocycles. The second-order valence-electron chi connectivity index (χ2n) is 4.29. The monoisotopic (exact) mass is 237 g/mol. The van der Waals surface area contributed by atoms with Crippen molar-refractivity contribution in [2.24, 2.45) is 0 Å². The molecule has 0 aliphatic carbocycles. The normalized spacial score (nSPS) is 27.8. The second-order valence-corrected chi connectivity index (χ2v) is 5.73. The number of hydrogen-bond acceptors (Lipinski definition) is 3. The highest BCUT2D eigenvalue weighted by atomic mass is 31.1. The number of epoxide rings is 2. The number of benzene rings is 1. The van der Waals surface area contributed by atoms with Crippen LogP contribution in [0, 0.1) is 0 Å². The molecular weight excluding hydrogens is 221 g/mol. The first-order valence-corrected chi connectivity index (χ1v) is 6.65. The molecule has 3 atom stereocenters. The summed E-state index contributed by atoms with van der Waals surface area (Å²) in [6.45, 7) is 3.96. The van der Waals surface area contributed by atoms with Crippen molar-refractivity contribution in [3.05, 3.63) is 30.3 Å². The summed E-state index contributed by atoms with van der Waals surface area (Å²) in [6, 6.07) is 10.6. The zero-order chi connectivity index (χ0) is 10.8. The van der Waals surface area contributed by atoms with E-state index in [4.69, 9.17) is 9.47 Å². The van der Waals surface area contributed by atoms with Crippen molar-refractivity contribution in [2.45, 2.75) is 12.2 Å². The van der Waals surface area contributed by atoms with Crippen LogP contribution in [0.5, 0.6) is 0 Å². The van der Waals surface area contributed by atoms with Crippen molar-refractivity contribution in [1.82, 2.24) is 4.67 Å². The van der Waals surface area contributed by atoms with E-state index < -0.39 is 0 Å². The third kappa shape index (κ3) is 3.26. The predicted octanol–water partition coefficient (Wildman–Crippen LogP) is 1.00. The molecule has 16 heavy (non-hydrogen) atoms. The molecule has 2 aliphatic rings. The van der Waals surface area contributed by atoms with Crippen LogP contribution < -0.4 is 5.30 Å². The average Bonchev–Trinajstić information content (AvgIpc) is 3.15. The van der Waals surface area contributed by atoms with Gasteiger partial charge in [0.1, 0.15) is 0 Å². The minimum atomic E-state index is 0.468. The number of hydrogen-bond donors (Lipinski definition) is 0. The molecule has 0 bridgehead atoms. The first kappa shape index (κ1) is 10.7. The van der Waals surface area contributed by atoms with Crippen molar-refractivity contribution in [2.75, 3.05) is 26.3 Å². The highest BCUT2D eigenvalue weighted by molar-refractivity contribution is 7.44. The third-order valence-electron chi connectivity index (χ3n) is 2.71. The summed E-state index contributed by atoms with van der Waals surface area (Å²) in [5.74, 6) is 0. The molecule has 3 rings (SSSR count). The van der Waals surface area contributed by atoms with E-state index in [1.165, 1.54) is 5.30 Å². The molecule has 3 unspecified atom stereocenters. The fourth-order valence-corrected chi connectivity index (χ4v) is 3.00. The lowest BCUT2D eigenvalue weighted by molar-refractivity contribution is 0.318. The van der Waals surface area contributed by atoms with Gasteiger partial charge in [0, 0.05) is 13.1 Å². The molecule has 1 aromatic carbocycles. The van der Waals surface area contributed by atoms with Gasteiger partial charge in [0.25, 0.3) is 0 Å². The molecule has 4 heteroatoms. The first-order valence-electron chi connectivity index (χ1n) is 5.70. The van der Waals surface area contributed by atoms with Crippen LogP contribution in [0.25, 0.3) is 0 Å². The van der Waals surface area contributed by atoms with Crippen LogP contribution in [0.15, 0.2) is 30.3 Å². The minimum Gasteiger partial charge on any atom is -0.372 e. The Balaban J connectivity index is 1.57. The topological polar surface area (TPSA) is 28.3 Å². The average molecular weight is 237 g/mol. The Morgan fingerprint density at radius 1 is 1.06 bits per heavy atom. The lowest BCUT2D eigenvalue weighted by Gasteiger charge is -2.20. The van der Waals surface area contributed by atoms with Gasteiger partial charge in [0.05, 0.1) is 25.4 Å². The molecule has 2 fully saturated rings. The van der Waals surface area contributed by atoms with Crippen LogP contribution in [-0.4, -0.2) is 43.2 Å². The van der Waals surface area contributed by atoms with Gasteiger partial charge in [-0.3, -0.25) is 4.67 Å². The van der Waals surface area contributed by atoms with E-state index in [9.17, 15) is 0 Å². The smallest absolute Gasteiger partial charge is 0.0939 e. The van der Waals surface area contributed by atoms with Crippen molar-refractivity contribution in [3.63, 3.8) is 0 Å². The summed E-state index contributed by atoms with van der Waals surface area (Å²) in [7, 11) is 0.735. The van der Waals surface area contributed by atoms with Crippen LogP contribution in [0.1, 0.15) is 0 Å². The van der Waals surface area contributed by atoms with Gasteiger partial charge in [-0.1, -0.05) is 30.3 Å². The first-order chi connectivity index (χ1) is 7.90.